The zero-order chi connectivity index (χ0) is 14.5. The first kappa shape index (κ1) is 14.3. The lowest BCUT2D eigenvalue weighted by Gasteiger charge is -2.13. The van der Waals surface area contributed by atoms with E-state index in [1.165, 1.54) is 0 Å². The Morgan fingerprint density at radius 2 is 2.25 bits per heavy atom. The number of nitrogens with one attached hydrogen (secondary N) is 1. The minimum Gasteiger partial charge on any atom is -0.383 e. The first-order chi connectivity index (χ1) is 9.65. The molecule has 0 saturated heterocycles. The molecular weight excluding hydrogens is 256 g/mol. The zero-order valence-corrected chi connectivity index (χ0v) is 11.6. The number of ether oxygens (including phenoxy) is 1. The summed E-state index contributed by atoms with van der Waals surface area (Å²) in [6.07, 6.45) is 2.63. The summed E-state index contributed by atoms with van der Waals surface area (Å²) in [5.74, 6) is -0.104. The monoisotopic (exact) mass is 274 g/mol. The van der Waals surface area contributed by atoms with Gasteiger partial charge in [0.25, 0.3) is 0 Å². The lowest BCUT2D eigenvalue weighted by molar-refractivity contribution is -0.122. The van der Waals surface area contributed by atoms with E-state index in [4.69, 9.17) is 4.74 Å². The lowest BCUT2D eigenvalue weighted by Crippen LogP contribution is -2.37. The smallest absolute Gasteiger partial charge is 0.240 e. The summed E-state index contributed by atoms with van der Waals surface area (Å²) in [6, 6.07) is 7.35. The summed E-state index contributed by atoms with van der Waals surface area (Å²) in [5.41, 5.74) is 1.38. The Kier molecular flexibility index (Phi) is 4.53. The molecule has 1 heterocycles. The van der Waals surface area contributed by atoms with Crippen LogP contribution in [0.5, 0.6) is 0 Å². The fourth-order valence-electron chi connectivity index (χ4n) is 2.28. The molecule has 0 aliphatic carbocycles. The van der Waals surface area contributed by atoms with Crippen LogP contribution in [0, 0.1) is 0 Å². The minimum atomic E-state index is -0.104. The number of aldehydes is 1. The summed E-state index contributed by atoms with van der Waals surface area (Å²) in [5, 5.41) is 3.80. The number of rotatable bonds is 6. The highest BCUT2D eigenvalue weighted by Gasteiger charge is 2.11. The molecule has 0 bridgehead atoms. The maximum atomic E-state index is 12.0. The van der Waals surface area contributed by atoms with Gasteiger partial charge in [-0.05, 0) is 19.1 Å². The second-order valence-electron chi connectivity index (χ2n) is 4.77. The second-order valence-corrected chi connectivity index (χ2v) is 4.77. The summed E-state index contributed by atoms with van der Waals surface area (Å²) >= 11 is 0. The number of para-hydroxylation sites is 1. The number of hydrogen-bond donors (Lipinski definition) is 1. The number of carbonyl (C=O) groups excluding carboxylic acids is 2. The predicted octanol–water partition coefficient (Wildman–Crippen LogP) is 1.60. The number of carbonyl (C=O) groups is 2. The van der Waals surface area contributed by atoms with Crippen LogP contribution >= 0.6 is 0 Å². The van der Waals surface area contributed by atoms with Gasteiger partial charge in [-0.2, -0.15) is 0 Å². The lowest BCUT2D eigenvalue weighted by atomic mass is 10.1. The van der Waals surface area contributed by atoms with Crippen molar-refractivity contribution >= 4 is 23.1 Å². The number of nitrogens with zero attached hydrogens (tertiary/aromatic N) is 1. The van der Waals surface area contributed by atoms with Crippen molar-refractivity contribution in [2.75, 3.05) is 13.7 Å². The van der Waals surface area contributed by atoms with Crippen molar-refractivity contribution in [2.45, 2.75) is 19.5 Å². The number of methoxy groups -OCH3 is 1. The van der Waals surface area contributed by atoms with Crippen LogP contribution in [0.3, 0.4) is 0 Å². The van der Waals surface area contributed by atoms with E-state index in [0.717, 1.165) is 17.2 Å². The van der Waals surface area contributed by atoms with Gasteiger partial charge in [-0.1, -0.05) is 12.1 Å². The van der Waals surface area contributed by atoms with Gasteiger partial charge in [0.1, 0.15) is 6.54 Å². The molecule has 20 heavy (non-hydrogen) atoms. The molecule has 1 N–H and O–H groups in total. The summed E-state index contributed by atoms with van der Waals surface area (Å²) < 4.78 is 6.76. The number of fused-ring (bicyclic) bond motifs is 1. The molecule has 106 valence electrons. The van der Waals surface area contributed by atoms with Crippen molar-refractivity contribution in [3.8, 4) is 0 Å². The van der Waals surface area contributed by atoms with Gasteiger partial charge in [-0.25, -0.2) is 0 Å². The van der Waals surface area contributed by atoms with Crippen LogP contribution in [-0.4, -0.2) is 36.5 Å². The molecule has 1 unspecified atom stereocenters. The first-order valence-electron chi connectivity index (χ1n) is 6.47. The Bertz CT molecular complexity index is 619. The van der Waals surface area contributed by atoms with Crippen molar-refractivity contribution in [1.82, 2.24) is 9.88 Å². The van der Waals surface area contributed by atoms with E-state index in [0.29, 0.717) is 12.2 Å². The molecule has 1 aromatic heterocycles. The van der Waals surface area contributed by atoms with Crippen molar-refractivity contribution in [3.63, 3.8) is 0 Å². The fourth-order valence-corrected chi connectivity index (χ4v) is 2.28. The quantitative estimate of drug-likeness (QED) is 0.814. The van der Waals surface area contributed by atoms with Crippen LogP contribution in [0.15, 0.2) is 30.5 Å². The molecule has 2 aromatic rings. The van der Waals surface area contributed by atoms with Gasteiger partial charge in [-0.3, -0.25) is 9.59 Å². The van der Waals surface area contributed by atoms with Crippen LogP contribution < -0.4 is 5.32 Å². The SMILES string of the molecule is COCC(C)NC(=O)Cn1ccc2cccc(C=O)c21. The third-order valence-electron chi connectivity index (χ3n) is 3.08. The maximum Gasteiger partial charge on any atom is 0.240 e. The van der Waals surface area contributed by atoms with E-state index >= 15 is 0 Å². The Balaban J connectivity index is 2.17. The molecule has 2 rings (SSSR count). The highest BCUT2D eigenvalue weighted by atomic mass is 16.5. The molecule has 0 aliphatic heterocycles. The molecule has 1 atom stereocenters. The van der Waals surface area contributed by atoms with Gasteiger partial charge in [0, 0.05) is 30.3 Å². The summed E-state index contributed by atoms with van der Waals surface area (Å²) in [4.78, 5) is 23.1. The van der Waals surface area contributed by atoms with Crippen LogP contribution in [0.4, 0.5) is 0 Å². The van der Waals surface area contributed by atoms with Crippen LogP contribution in [-0.2, 0) is 16.1 Å². The zero-order valence-electron chi connectivity index (χ0n) is 11.6. The first-order valence-corrected chi connectivity index (χ1v) is 6.47. The van der Waals surface area contributed by atoms with E-state index in [2.05, 4.69) is 5.32 Å². The van der Waals surface area contributed by atoms with Crippen molar-refractivity contribution in [3.05, 3.63) is 36.0 Å². The standard InChI is InChI=1S/C15H18N2O3/c1-11(10-20-2)16-14(19)8-17-7-6-12-4-3-5-13(9-18)15(12)17/h3-7,9,11H,8,10H2,1-2H3,(H,16,19). The third-order valence-corrected chi connectivity index (χ3v) is 3.08. The van der Waals surface area contributed by atoms with Gasteiger partial charge in [0.05, 0.1) is 12.1 Å². The molecule has 1 aromatic carbocycles. The summed E-state index contributed by atoms with van der Waals surface area (Å²) in [6.45, 7) is 2.53. The van der Waals surface area contributed by atoms with Crippen LogP contribution in [0.25, 0.3) is 10.9 Å². The molecule has 5 heteroatoms. The van der Waals surface area contributed by atoms with E-state index in [1.54, 1.807) is 17.7 Å². The Morgan fingerprint density at radius 3 is 2.95 bits per heavy atom. The van der Waals surface area contributed by atoms with Gasteiger partial charge < -0.3 is 14.6 Å². The number of benzene rings is 1. The van der Waals surface area contributed by atoms with E-state index in [1.807, 2.05) is 31.3 Å². The highest BCUT2D eigenvalue weighted by molar-refractivity contribution is 5.97. The normalized spacial score (nSPS) is 12.3. The Morgan fingerprint density at radius 1 is 1.45 bits per heavy atom. The minimum absolute atomic E-state index is 0.0418. The Hall–Kier alpha value is -2.14. The fraction of sp³-hybridized carbons (Fsp3) is 0.333. The molecule has 0 saturated carbocycles. The molecule has 0 radical (unpaired) electrons. The maximum absolute atomic E-state index is 12.0. The van der Waals surface area contributed by atoms with Crippen LogP contribution in [0.1, 0.15) is 17.3 Å². The van der Waals surface area contributed by atoms with E-state index < -0.39 is 0 Å². The van der Waals surface area contributed by atoms with Gasteiger partial charge in [-0.15, -0.1) is 0 Å². The third kappa shape index (κ3) is 3.05. The molecule has 5 nitrogen and oxygen atoms in total. The van der Waals surface area contributed by atoms with Gasteiger partial charge >= 0.3 is 0 Å². The molecular formula is C15H18N2O3. The average molecular weight is 274 g/mol. The predicted molar refractivity (Wildman–Crippen MR) is 76.8 cm³/mol. The van der Waals surface area contributed by atoms with Gasteiger partial charge in [0.15, 0.2) is 6.29 Å². The van der Waals surface area contributed by atoms with Crippen LogP contribution in [0.2, 0.25) is 0 Å². The topological polar surface area (TPSA) is 60.3 Å². The van der Waals surface area contributed by atoms with Gasteiger partial charge in [0.2, 0.25) is 5.91 Å². The Labute approximate surface area is 117 Å². The highest BCUT2D eigenvalue weighted by Crippen LogP contribution is 2.19. The van der Waals surface area contributed by atoms with Crippen molar-refractivity contribution in [2.24, 2.45) is 0 Å². The number of amides is 1. The van der Waals surface area contributed by atoms with E-state index in [9.17, 15) is 9.59 Å². The van der Waals surface area contributed by atoms with Crippen molar-refractivity contribution in [1.29, 1.82) is 0 Å². The summed E-state index contributed by atoms with van der Waals surface area (Å²) in [7, 11) is 1.60. The molecule has 0 fully saturated rings. The second kappa shape index (κ2) is 6.34. The molecule has 1 amide bonds. The average Bonchev–Trinajstić information content (AvgIpc) is 2.82. The molecule has 0 aliphatic rings. The molecule has 0 spiro atoms. The number of hydrogen-bond acceptors (Lipinski definition) is 3. The largest absolute Gasteiger partial charge is 0.383 e. The van der Waals surface area contributed by atoms with Crippen molar-refractivity contribution < 1.29 is 14.3 Å². The number of aromatic nitrogens is 1. The van der Waals surface area contributed by atoms with E-state index in [-0.39, 0.29) is 18.5 Å².